The number of thiazole rings is 1. The van der Waals surface area contributed by atoms with Gasteiger partial charge in [-0.3, -0.25) is 10.1 Å². The molecule has 0 bridgehead atoms. The van der Waals surface area contributed by atoms with Crippen LogP contribution in [0.2, 0.25) is 0 Å². The van der Waals surface area contributed by atoms with Crippen LogP contribution in [0.4, 0.5) is 5.13 Å². The molecule has 0 unspecified atom stereocenters. The first-order chi connectivity index (χ1) is 11.9. The van der Waals surface area contributed by atoms with Gasteiger partial charge in [0.25, 0.3) is 5.91 Å². The second kappa shape index (κ2) is 6.98. The molecule has 128 valence electrons. The Kier molecular flexibility index (Phi) is 4.76. The average molecular weight is 355 g/mol. The zero-order valence-corrected chi connectivity index (χ0v) is 14.9. The smallest absolute Gasteiger partial charge is 0.357 e. The molecule has 0 radical (unpaired) electrons. The second-order valence-corrected chi connectivity index (χ2v) is 6.84. The van der Waals surface area contributed by atoms with Gasteiger partial charge in [0.1, 0.15) is 11.4 Å². The Morgan fingerprint density at radius 3 is 2.64 bits per heavy atom. The molecular weight excluding hydrogens is 338 g/mol. The molecule has 6 nitrogen and oxygen atoms in total. The fraction of sp³-hybridized carbons (Fsp3) is 0.222. The van der Waals surface area contributed by atoms with Gasteiger partial charge in [-0.1, -0.05) is 23.5 Å². The van der Waals surface area contributed by atoms with Crippen LogP contribution in [-0.4, -0.2) is 27.9 Å². The Morgan fingerprint density at radius 1 is 1.12 bits per heavy atom. The van der Waals surface area contributed by atoms with E-state index in [9.17, 15) is 9.59 Å². The SMILES string of the molecule is Cc1ccc2nc(NC(=O)c3cccc(C(=O)OC(C)C)n3)sc2c1. The largest absolute Gasteiger partial charge is 0.458 e. The lowest BCUT2D eigenvalue weighted by Gasteiger charge is -2.08. The van der Waals surface area contributed by atoms with E-state index in [0.717, 1.165) is 15.8 Å². The lowest BCUT2D eigenvalue weighted by molar-refractivity contribution is 0.0371. The molecule has 3 rings (SSSR count). The first-order valence-corrected chi connectivity index (χ1v) is 8.60. The highest BCUT2D eigenvalue weighted by atomic mass is 32.1. The van der Waals surface area contributed by atoms with Gasteiger partial charge in [0.05, 0.1) is 16.3 Å². The molecule has 0 aliphatic heterocycles. The lowest BCUT2D eigenvalue weighted by Crippen LogP contribution is -2.17. The van der Waals surface area contributed by atoms with Crippen molar-refractivity contribution in [1.82, 2.24) is 9.97 Å². The predicted octanol–water partition coefficient (Wildman–Crippen LogP) is 3.82. The van der Waals surface area contributed by atoms with Crippen molar-refractivity contribution in [3.8, 4) is 0 Å². The monoisotopic (exact) mass is 355 g/mol. The van der Waals surface area contributed by atoms with E-state index in [-0.39, 0.29) is 17.5 Å². The molecule has 7 heteroatoms. The number of rotatable bonds is 4. The van der Waals surface area contributed by atoms with Gasteiger partial charge in [0.15, 0.2) is 5.13 Å². The first-order valence-electron chi connectivity index (χ1n) is 7.79. The second-order valence-electron chi connectivity index (χ2n) is 5.81. The van der Waals surface area contributed by atoms with E-state index in [4.69, 9.17) is 4.74 Å². The number of aryl methyl sites for hydroxylation is 1. The van der Waals surface area contributed by atoms with Gasteiger partial charge >= 0.3 is 5.97 Å². The summed E-state index contributed by atoms with van der Waals surface area (Å²) in [6.45, 7) is 5.51. The molecule has 3 aromatic rings. The maximum absolute atomic E-state index is 12.4. The summed E-state index contributed by atoms with van der Waals surface area (Å²) in [6.07, 6.45) is -0.252. The van der Waals surface area contributed by atoms with Crippen LogP contribution in [0.3, 0.4) is 0 Å². The molecule has 0 saturated carbocycles. The summed E-state index contributed by atoms with van der Waals surface area (Å²) in [5, 5.41) is 3.22. The van der Waals surface area contributed by atoms with Crippen molar-refractivity contribution < 1.29 is 14.3 Å². The summed E-state index contributed by atoms with van der Waals surface area (Å²) < 4.78 is 6.09. The van der Waals surface area contributed by atoms with E-state index >= 15 is 0 Å². The number of benzene rings is 1. The van der Waals surface area contributed by atoms with Crippen LogP contribution in [0, 0.1) is 6.92 Å². The van der Waals surface area contributed by atoms with Gasteiger partial charge in [-0.05, 0) is 50.6 Å². The Morgan fingerprint density at radius 2 is 1.88 bits per heavy atom. The van der Waals surface area contributed by atoms with Crippen molar-refractivity contribution in [2.24, 2.45) is 0 Å². The van der Waals surface area contributed by atoms with Crippen molar-refractivity contribution in [3.05, 3.63) is 53.3 Å². The highest BCUT2D eigenvalue weighted by Crippen LogP contribution is 2.26. The highest BCUT2D eigenvalue weighted by molar-refractivity contribution is 7.22. The van der Waals surface area contributed by atoms with E-state index in [1.54, 1.807) is 26.0 Å². The van der Waals surface area contributed by atoms with Gasteiger partial charge in [-0.2, -0.15) is 0 Å². The van der Waals surface area contributed by atoms with Crippen LogP contribution in [0.1, 0.15) is 40.4 Å². The normalized spacial score (nSPS) is 10.9. The molecule has 0 spiro atoms. The number of amides is 1. The Labute approximate surface area is 148 Å². The van der Waals surface area contributed by atoms with Crippen LogP contribution in [0.5, 0.6) is 0 Å². The third kappa shape index (κ3) is 4.00. The summed E-state index contributed by atoms with van der Waals surface area (Å²) in [7, 11) is 0. The van der Waals surface area contributed by atoms with Crippen molar-refractivity contribution in [2.75, 3.05) is 5.32 Å². The number of nitrogens with zero attached hydrogens (tertiary/aromatic N) is 2. The van der Waals surface area contributed by atoms with Crippen LogP contribution >= 0.6 is 11.3 Å². The van der Waals surface area contributed by atoms with E-state index in [1.807, 2.05) is 25.1 Å². The van der Waals surface area contributed by atoms with Crippen LogP contribution < -0.4 is 5.32 Å². The quantitative estimate of drug-likeness (QED) is 0.720. The minimum atomic E-state index is -0.555. The molecule has 0 saturated heterocycles. The number of ether oxygens (including phenoxy) is 1. The number of anilines is 1. The Balaban J connectivity index is 1.79. The number of carbonyl (C=O) groups is 2. The Bertz CT molecular complexity index is 950. The molecule has 2 aromatic heterocycles. The first kappa shape index (κ1) is 17.0. The molecule has 0 atom stereocenters. The summed E-state index contributed by atoms with van der Waals surface area (Å²) in [4.78, 5) is 32.8. The zero-order chi connectivity index (χ0) is 18.0. The summed E-state index contributed by atoms with van der Waals surface area (Å²) in [5.74, 6) is -0.977. The van der Waals surface area contributed by atoms with Gasteiger partial charge in [0.2, 0.25) is 0 Å². The number of esters is 1. The molecule has 1 amide bonds. The topological polar surface area (TPSA) is 81.2 Å². The molecular formula is C18H17N3O3S. The van der Waals surface area contributed by atoms with Gasteiger partial charge in [-0.15, -0.1) is 0 Å². The third-order valence-corrected chi connectivity index (χ3v) is 4.23. The minimum Gasteiger partial charge on any atom is -0.458 e. The number of carbonyl (C=O) groups excluding carboxylic acids is 2. The molecule has 25 heavy (non-hydrogen) atoms. The fourth-order valence-electron chi connectivity index (χ4n) is 2.20. The molecule has 0 aliphatic carbocycles. The Hall–Kier alpha value is -2.80. The highest BCUT2D eigenvalue weighted by Gasteiger charge is 2.16. The van der Waals surface area contributed by atoms with Crippen molar-refractivity contribution in [2.45, 2.75) is 26.9 Å². The minimum absolute atomic E-state index is 0.0984. The molecule has 1 N–H and O–H groups in total. The predicted molar refractivity (Wildman–Crippen MR) is 97.1 cm³/mol. The number of nitrogens with one attached hydrogen (secondary N) is 1. The van der Waals surface area contributed by atoms with E-state index in [0.29, 0.717) is 5.13 Å². The van der Waals surface area contributed by atoms with E-state index in [2.05, 4.69) is 15.3 Å². The average Bonchev–Trinajstić information content (AvgIpc) is 2.95. The van der Waals surface area contributed by atoms with Crippen LogP contribution in [-0.2, 0) is 4.74 Å². The maximum Gasteiger partial charge on any atom is 0.357 e. The number of fused-ring (bicyclic) bond motifs is 1. The molecule has 0 aliphatic rings. The van der Waals surface area contributed by atoms with Gasteiger partial charge in [-0.25, -0.2) is 14.8 Å². The van der Waals surface area contributed by atoms with Gasteiger partial charge in [0, 0.05) is 0 Å². The molecule has 0 fully saturated rings. The van der Waals surface area contributed by atoms with Gasteiger partial charge < -0.3 is 4.74 Å². The van der Waals surface area contributed by atoms with Crippen molar-refractivity contribution >= 4 is 38.6 Å². The zero-order valence-electron chi connectivity index (χ0n) is 14.1. The standard InChI is InChI=1S/C18H17N3O3S/c1-10(2)24-17(23)14-6-4-5-13(19-14)16(22)21-18-20-12-8-7-11(3)9-15(12)25-18/h4-10H,1-3H3,(H,20,21,22). The summed E-state index contributed by atoms with van der Waals surface area (Å²) in [5.41, 5.74) is 2.19. The fourth-order valence-corrected chi connectivity index (χ4v) is 3.15. The van der Waals surface area contributed by atoms with Crippen LogP contribution in [0.25, 0.3) is 10.2 Å². The lowest BCUT2D eigenvalue weighted by atomic mass is 10.2. The number of aromatic nitrogens is 2. The number of hydrogen-bond acceptors (Lipinski definition) is 6. The number of hydrogen-bond donors (Lipinski definition) is 1. The maximum atomic E-state index is 12.4. The molecule has 1 aromatic carbocycles. The van der Waals surface area contributed by atoms with Crippen molar-refractivity contribution in [1.29, 1.82) is 0 Å². The summed E-state index contributed by atoms with van der Waals surface area (Å²) in [6, 6.07) is 10.6. The van der Waals surface area contributed by atoms with E-state index in [1.165, 1.54) is 17.4 Å². The van der Waals surface area contributed by atoms with Crippen molar-refractivity contribution in [3.63, 3.8) is 0 Å². The summed E-state index contributed by atoms with van der Waals surface area (Å²) >= 11 is 1.39. The van der Waals surface area contributed by atoms with E-state index < -0.39 is 11.9 Å². The van der Waals surface area contributed by atoms with Crippen LogP contribution in [0.15, 0.2) is 36.4 Å². The third-order valence-electron chi connectivity index (χ3n) is 3.30. The number of pyridine rings is 1. The molecule has 2 heterocycles.